The van der Waals surface area contributed by atoms with Crippen molar-refractivity contribution >= 4 is 11.3 Å². The van der Waals surface area contributed by atoms with Crippen LogP contribution in [0.2, 0.25) is 0 Å². The second-order valence-corrected chi connectivity index (χ2v) is 7.39. The largest absolute Gasteiger partial charge is 0.329 e. The van der Waals surface area contributed by atoms with E-state index >= 15 is 0 Å². The van der Waals surface area contributed by atoms with Gasteiger partial charge in [-0.3, -0.25) is 0 Å². The lowest BCUT2D eigenvalue weighted by molar-refractivity contribution is 0.170. The zero-order chi connectivity index (χ0) is 16.1. The summed E-state index contributed by atoms with van der Waals surface area (Å²) in [6.45, 7) is 9.13. The summed E-state index contributed by atoms with van der Waals surface area (Å²) in [6.07, 6.45) is 9.17. The van der Waals surface area contributed by atoms with Gasteiger partial charge in [-0.25, -0.2) is 9.97 Å². The molecule has 3 heterocycles. The summed E-state index contributed by atoms with van der Waals surface area (Å²) in [5.74, 6) is 2.64. The normalized spacial score (nSPS) is 19.5. The summed E-state index contributed by atoms with van der Waals surface area (Å²) in [5.41, 5.74) is 3.04. The van der Waals surface area contributed by atoms with Gasteiger partial charge in [0.25, 0.3) is 0 Å². The molecule has 4 nitrogen and oxygen atoms in total. The second kappa shape index (κ2) is 8.06. The van der Waals surface area contributed by atoms with E-state index < -0.39 is 0 Å². The van der Waals surface area contributed by atoms with Crippen molar-refractivity contribution in [1.29, 1.82) is 0 Å². The Morgan fingerprint density at radius 3 is 2.91 bits per heavy atom. The molecular weight excluding hydrogens is 304 g/mol. The maximum atomic E-state index is 4.69. The summed E-state index contributed by atoms with van der Waals surface area (Å²) < 4.78 is 2.29. The van der Waals surface area contributed by atoms with Crippen molar-refractivity contribution in [3.05, 3.63) is 34.8 Å². The fourth-order valence-electron chi connectivity index (χ4n) is 3.65. The number of piperidine rings is 1. The Morgan fingerprint density at radius 2 is 2.17 bits per heavy atom. The van der Waals surface area contributed by atoms with Gasteiger partial charge in [0, 0.05) is 36.8 Å². The first-order valence-electron chi connectivity index (χ1n) is 8.90. The first-order valence-corrected chi connectivity index (χ1v) is 9.84. The van der Waals surface area contributed by atoms with Gasteiger partial charge < -0.3 is 9.47 Å². The summed E-state index contributed by atoms with van der Waals surface area (Å²) >= 11 is 1.66. The van der Waals surface area contributed by atoms with Crippen LogP contribution in [-0.4, -0.2) is 39.1 Å². The van der Waals surface area contributed by atoms with Crippen molar-refractivity contribution in [2.75, 3.05) is 19.6 Å². The first kappa shape index (κ1) is 16.7. The fourth-order valence-corrected chi connectivity index (χ4v) is 4.20. The van der Waals surface area contributed by atoms with E-state index in [1.165, 1.54) is 44.6 Å². The Labute approximate surface area is 143 Å². The van der Waals surface area contributed by atoms with Crippen LogP contribution in [0.4, 0.5) is 0 Å². The molecule has 1 unspecified atom stereocenters. The third kappa shape index (κ3) is 4.21. The monoisotopic (exact) mass is 332 g/mol. The Hall–Kier alpha value is -1.20. The van der Waals surface area contributed by atoms with Crippen molar-refractivity contribution in [3.63, 3.8) is 0 Å². The molecule has 23 heavy (non-hydrogen) atoms. The molecule has 1 aliphatic rings. The van der Waals surface area contributed by atoms with E-state index in [1.807, 2.05) is 11.7 Å². The molecule has 126 valence electrons. The first-order chi connectivity index (χ1) is 11.3. The molecule has 0 aromatic carbocycles. The second-order valence-electron chi connectivity index (χ2n) is 6.67. The van der Waals surface area contributed by atoms with Gasteiger partial charge in [-0.05, 0) is 25.3 Å². The number of nitrogens with zero attached hydrogens (tertiary/aromatic N) is 4. The standard InChI is InChI=1S/C18H28N4S/c1-3-15(4-2)10-21-8-5-6-16(11-21)18-19-7-9-22(18)12-17-13-23-14-20-17/h7,9,13-16H,3-6,8,10-12H2,1-2H3. The van der Waals surface area contributed by atoms with Crippen LogP contribution in [0.25, 0.3) is 0 Å². The summed E-state index contributed by atoms with van der Waals surface area (Å²) in [4.78, 5) is 11.8. The topological polar surface area (TPSA) is 34.0 Å². The van der Waals surface area contributed by atoms with Crippen molar-refractivity contribution in [2.45, 2.75) is 52.0 Å². The molecule has 0 N–H and O–H groups in total. The number of rotatable bonds is 7. The molecular formula is C18H28N4S. The van der Waals surface area contributed by atoms with Crippen LogP contribution in [0.1, 0.15) is 57.0 Å². The van der Waals surface area contributed by atoms with E-state index in [4.69, 9.17) is 0 Å². The molecule has 0 amide bonds. The van der Waals surface area contributed by atoms with Crippen LogP contribution < -0.4 is 0 Å². The Bertz CT molecular complexity index is 574. The summed E-state index contributed by atoms with van der Waals surface area (Å²) in [7, 11) is 0. The van der Waals surface area contributed by atoms with E-state index in [1.54, 1.807) is 11.3 Å². The summed E-state index contributed by atoms with van der Waals surface area (Å²) in [5, 5.41) is 2.13. The number of aromatic nitrogens is 3. The molecule has 0 bridgehead atoms. The average Bonchev–Trinajstić information content (AvgIpc) is 3.25. The van der Waals surface area contributed by atoms with Gasteiger partial charge in [0.05, 0.1) is 17.7 Å². The molecule has 0 aliphatic carbocycles. The van der Waals surface area contributed by atoms with Crippen LogP contribution in [0.5, 0.6) is 0 Å². The molecule has 2 aromatic heterocycles. The Morgan fingerprint density at radius 1 is 1.30 bits per heavy atom. The van der Waals surface area contributed by atoms with Crippen molar-refractivity contribution in [3.8, 4) is 0 Å². The van der Waals surface area contributed by atoms with Crippen LogP contribution in [0.15, 0.2) is 23.3 Å². The van der Waals surface area contributed by atoms with Crippen molar-refractivity contribution < 1.29 is 0 Å². The highest BCUT2D eigenvalue weighted by atomic mass is 32.1. The Kier molecular flexibility index (Phi) is 5.84. The number of imidazole rings is 1. The van der Waals surface area contributed by atoms with E-state index in [-0.39, 0.29) is 0 Å². The smallest absolute Gasteiger partial charge is 0.113 e. The number of likely N-dealkylation sites (tertiary alicyclic amines) is 1. The van der Waals surface area contributed by atoms with E-state index in [0.717, 1.165) is 24.7 Å². The van der Waals surface area contributed by atoms with Gasteiger partial charge in [-0.15, -0.1) is 11.3 Å². The Balaban J connectivity index is 1.66. The summed E-state index contributed by atoms with van der Waals surface area (Å²) in [6, 6.07) is 0. The lowest BCUT2D eigenvalue weighted by atomic mass is 9.95. The quantitative estimate of drug-likeness (QED) is 0.768. The molecule has 3 rings (SSSR count). The molecule has 0 spiro atoms. The van der Waals surface area contributed by atoms with Crippen LogP contribution in [-0.2, 0) is 6.54 Å². The van der Waals surface area contributed by atoms with Gasteiger partial charge in [-0.2, -0.15) is 0 Å². The minimum atomic E-state index is 0.562. The minimum Gasteiger partial charge on any atom is -0.329 e. The predicted octanol–water partition coefficient (Wildman–Crippen LogP) is 4.00. The highest BCUT2D eigenvalue weighted by Gasteiger charge is 2.25. The number of hydrogen-bond acceptors (Lipinski definition) is 4. The molecule has 1 fully saturated rings. The molecule has 1 aliphatic heterocycles. The lowest BCUT2D eigenvalue weighted by Gasteiger charge is -2.34. The average molecular weight is 333 g/mol. The predicted molar refractivity (Wildman–Crippen MR) is 95.9 cm³/mol. The molecule has 0 saturated carbocycles. The SMILES string of the molecule is CCC(CC)CN1CCCC(c2nccn2Cc2cscn2)C1. The van der Waals surface area contributed by atoms with Crippen LogP contribution >= 0.6 is 11.3 Å². The van der Waals surface area contributed by atoms with Gasteiger partial charge in [0.2, 0.25) is 0 Å². The minimum absolute atomic E-state index is 0.562. The van der Waals surface area contributed by atoms with E-state index in [2.05, 4.69) is 44.9 Å². The molecule has 5 heteroatoms. The molecule has 1 atom stereocenters. The maximum Gasteiger partial charge on any atom is 0.113 e. The highest BCUT2D eigenvalue weighted by Crippen LogP contribution is 2.27. The number of hydrogen-bond donors (Lipinski definition) is 0. The highest BCUT2D eigenvalue weighted by molar-refractivity contribution is 7.07. The third-order valence-corrected chi connectivity index (χ3v) is 5.74. The van der Waals surface area contributed by atoms with Gasteiger partial charge in [-0.1, -0.05) is 26.7 Å². The fraction of sp³-hybridized carbons (Fsp3) is 0.667. The van der Waals surface area contributed by atoms with Crippen LogP contribution in [0.3, 0.4) is 0 Å². The zero-order valence-corrected chi connectivity index (χ0v) is 15.1. The van der Waals surface area contributed by atoms with Gasteiger partial charge in [0.15, 0.2) is 0 Å². The van der Waals surface area contributed by atoms with Crippen LogP contribution in [0, 0.1) is 5.92 Å². The van der Waals surface area contributed by atoms with Gasteiger partial charge >= 0.3 is 0 Å². The van der Waals surface area contributed by atoms with E-state index in [0.29, 0.717) is 5.92 Å². The molecule has 1 saturated heterocycles. The maximum absolute atomic E-state index is 4.69. The third-order valence-electron chi connectivity index (χ3n) is 5.11. The van der Waals surface area contributed by atoms with E-state index in [9.17, 15) is 0 Å². The molecule has 2 aromatic rings. The number of thiazole rings is 1. The lowest BCUT2D eigenvalue weighted by Crippen LogP contribution is -2.38. The molecule has 0 radical (unpaired) electrons. The van der Waals surface area contributed by atoms with Crippen molar-refractivity contribution in [2.24, 2.45) is 5.92 Å². The van der Waals surface area contributed by atoms with Crippen molar-refractivity contribution in [1.82, 2.24) is 19.4 Å². The zero-order valence-electron chi connectivity index (χ0n) is 14.3. The van der Waals surface area contributed by atoms with Gasteiger partial charge in [0.1, 0.15) is 5.82 Å².